The summed E-state index contributed by atoms with van der Waals surface area (Å²) in [6.45, 7) is 2.95. The summed E-state index contributed by atoms with van der Waals surface area (Å²) < 4.78 is 0. The van der Waals surface area contributed by atoms with Gasteiger partial charge in [-0.3, -0.25) is 4.79 Å². The van der Waals surface area contributed by atoms with Crippen molar-refractivity contribution in [2.24, 2.45) is 0 Å². The molecule has 0 unspecified atom stereocenters. The highest BCUT2D eigenvalue weighted by Gasteiger charge is 2.27. The Labute approximate surface area is 111 Å². The van der Waals surface area contributed by atoms with Gasteiger partial charge in [0.05, 0.1) is 0 Å². The van der Waals surface area contributed by atoms with E-state index in [0.717, 1.165) is 19.4 Å². The monoisotopic (exact) mass is 259 g/mol. The second-order valence-electron chi connectivity index (χ2n) is 5.03. The van der Waals surface area contributed by atoms with Gasteiger partial charge in [0.2, 0.25) is 5.91 Å². The quantitative estimate of drug-likeness (QED) is 0.453. The van der Waals surface area contributed by atoms with E-state index in [0.29, 0.717) is 17.8 Å². The molecular weight excluding hydrogens is 234 g/mol. The van der Waals surface area contributed by atoms with Crippen molar-refractivity contribution >= 4 is 17.5 Å². The van der Waals surface area contributed by atoms with Crippen molar-refractivity contribution in [3.8, 4) is 0 Å². The van der Waals surface area contributed by atoms with Gasteiger partial charge in [0.25, 0.3) is 0 Å². The number of hydrogen-bond donors (Lipinski definition) is 0. The van der Waals surface area contributed by atoms with Crippen molar-refractivity contribution in [3.05, 3.63) is 0 Å². The molecule has 0 radical (unpaired) electrons. The normalized spacial score (nSPS) is 15.6. The molecule has 0 spiro atoms. The van der Waals surface area contributed by atoms with Crippen LogP contribution in [0.3, 0.4) is 0 Å². The number of carbonyl (C=O) groups excluding carboxylic acids is 1. The summed E-state index contributed by atoms with van der Waals surface area (Å²) in [6, 6.07) is 0.497. The van der Waals surface area contributed by atoms with E-state index in [1.165, 1.54) is 44.9 Å². The average Bonchev–Trinajstić information content (AvgIpc) is 2.25. The van der Waals surface area contributed by atoms with Crippen LogP contribution in [0.4, 0.5) is 0 Å². The summed E-state index contributed by atoms with van der Waals surface area (Å²) in [6.07, 6.45) is 10.4. The van der Waals surface area contributed by atoms with Crippen LogP contribution in [0.2, 0.25) is 0 Å². The molecule has 0 bridgehead atoms. The number of nitrogens with zero attached hydrogens (tertiary/aromatic N) is 1. The third-order valence-electron chi connectivity index (χ3n) is 3.66. The fourth-order valence-corrected chi connectivity index (χ4v) is 2.51. The standard InChI is InChI=1S/C14H26ClNO/c1-2-3-4-5-6-10-14(17)16(12-11-15)13-8-7-9-13/h13H,2-12H2,1H3. The van der Waals surface area contributed by atoms with Gasteiger partial charge in [-0.2, -0.15) is 0 Å². The molecule has 100 valence electrons. The van der Waals surface area contributed by atoms with Crippen LogP contribution in [0.1, 0.15) is 64.7 Å². The third-order valence-corrected chi connectivity index (χ3v) is 3.82. The Morgan fingerprint density at radius 3 is 2.47 bits per heavy atom. The van der Waals surface area contributed by atoms with E-state index in [1.54, 1.807) is 0 Å². The van der Waals surface area contributed by atoms with Crippen molar-refractivity contribution in [2.75, 3.05) is 12.4 Å². The highest BCUT2D eigenvalue weighted by molar-refractivity contribution is 6.18. The topological polar surface area (TPSA) is 20.3 Å². The molecule has 0 saturated heterocycles. The summed E-state index contributed by atoms with van der Waals surface area (Å²) in [4.78, 5) is 14.1. The Morgan fingerprint density at radius 2 is 1.94 bits per heavy atom. The highest BCUT2D eigenvalue weighted by Crippen LogP contribution is 2.25. The number of amides is 1. The second-order valence-corrected chi connectivity index (χ2v) is 5.40. The smallest absolute Gasteiger partial charge is 0.222 e. The first-order valence-corrected chi connectivity index (χ1v) is 7.68. The number of alkyl halides is 1. The Balaban J connectivity index is 2.17. The fraction of sp³-hybridized carbons (Fsp3) is 0.929. The third kappa shape index (κ3) is 5.29. The molecule has 0 aliphatic heterocycles. The average molecular weight is 260 g/mol. The van der Waals surface area contributed by atoms with Gasteiger partial charge in [0.1, 0.15) is 0 Å². The van der Waals surface area contributed by atoms with Crippen LogP contribution in [0.5, 0.6) is 0 Å². The maximum atomic E-state index is 12.1. The summed E-state index contributed by atoms with van der Waals surface area (Å²) >= 11 is 5.77. The van der Waals surface area contributed by atoms with E-state index >= 15 is 0 Å². The van der Waals surface area contributed by atoms with Gasteiger partial charge in [-0.15, -0.1) is 11.6 Å². The molecule has 1 amide bonds. The van der Waals surface area contributed by atoms with E-state index < -0.39 is 0 Å². The summed E-state index contributed by atoms with van der Waals surface area (Å²) in [5.41, 5.74) is 0. The van der Waals surface area contributed by atoms with Crippen LogP contribution >= 0.6 is 11.6 Å². The maximum Gasteiger partial charge on any atom is 0.222 e. The first kappa shape index (κ1) is 14.8. The molecule has 0 atom stereocenters. The summed E-state index contributed by atoms with van der Waals surface area (Å²) in [5, 5.41) is 0. The van der Waals surface area contributed by atoms with Crippen LogP contribution < -0.4 is 0 Å². The van der Waals surface area contributed by atoms with Gasteiger partial charge in [-0.1, -0.05) is 32.6 Å². The lowest BCUT2D eigenvalue weighted by atomic mass is 9.91. The van der Waals surface area contributed by atoms with E-state index in [-0.39, 0.29) is 0 Å². The number of hydrogen-bond acceptors (Lipinski definition) is 1. The minimum absolute atomic E-state index is 0.326. The van der Waals surface area contributed by atoms with Crippen LogP contribution in [-0.4, -0.2) is 29.3 Å². The van der Waals surface area contributed by atoms with Crippen molar-refractivity contribution in [1.29, 1.82) is 0 Å². The second kappa shape index (κ2) is 8.79. The van der Waals surface area contributed by atoms with Gasteiger partial charge in [0, 0.05) is 24.9 Å². The Hall–Kier alpha value is -0.240. The molecule has 1 saturated carbocycles. The number of halogens is 1. The van der Waals surface area contributed by atoms with Gasteiger partial charge in [-0.25, -0.2) is 0 Å². The van der Waals surface area contributed by atoms with E-state index in [4.69, 9.17) is 11.6 Å². The van der Waals surface area contributed by atoms with Gasteiger partial charge in [0.15, 0.2) is 0 Å². The number of carbonyl (C=O) groups is 1. The zero-order valence-electron chi connectivity index (χ0n) is 11.1. The molecule has 0 aromatic carbocycles. The van der Waals surface area contributed by atoms with Crippen LogP contribution in [0.15, 0.2) is 0 Å². The SMILES string of the molecule is CCCCCCCC(=O)N(CCCl)C1CCC1. The van der Waals surface area contributed by atoms with Gasteiger partial charge in [-0.05, 0) is 25.7 Å². The molecular formula is C14H26ClNO. The Kier molecular flexibility index (Phi) is 7.67. The zero-order chi connectivity index (χ0) is 12.5. The van der Waals surface area contributed by atoms with E-state index in [9.17, 15) is 4.79 Å². The molecule has 0 aromatic heterocycles. The minimum atomic E-state index is 0.326. The molecule has 0 N–H and O–H groups in total. The molecule has 1 aliphatic rings. The molecule has 3 heteroatoms. The van der Waals surface area contributed by atoms with Crippen molar-refractivity contribution in [1.82, 2.24) is 4.90 Å². The van der Waals surface area contributed by atoms with Crippen LogP contribution in [0.25, 0.3) is 0 Å². The van der Waals surface area contributed by atoms with Crippen molar-refractivity contribution in [3.63, 3.8) is 0 Å². The zero-order valence-corrected chi connectivity index (χ0v) is 11.8. The van der Waals surface area contributed by atoms with E-state index in [2.05, 4.69) is 6.92 Å². The predicted octanol–water partition coefficient (Wildman–Crippen LogP) is 3.97. The molecule has 0 aromatic rings. The first-order chi connectivity index (χ1) is 8.29. The van der Waals surface area contributed by atoms with E-state index in [1.807, 2.05) is 4.90 Å². The lowest BCUT2D eigenvalue weighted by molar-refractivity contribution is -0.135. The van der Waals surface area contributed by atoms with Crippen molar-refractivity contribution in [2.45, 2.75) is 70.8 Å². The summed E-state index contributed by atoms with van der Waals surface area (Å²) in [5.74, 6) is 0.893. The lowest BCUT2D eigenvalue weighted by Gasteiger charge is -2.37. The van der Waals surface area contributed by atoms with Crippen LogP contribution in [0, 0.1) is 0 Å². The number of rotatable bonds is 9. The predicted molar refractivity (Wildman–Crippen MR) is 73.4 cm³/mol. The molecule has 1 aliphatic carbocycles. The largest absolute Gasteiger partial charge is 0.339 e. The molecule has 2 nitrogen and oxygen atoms in total. The maximum absolute atomic E-state index is 12.1. The molecule has 1 rings (SSSR count). The fourth-order valence-electron chi connectivity index (χ4n) is 2.32. The van der Waals surface area contributed by atoms with Gasteiger partial charge >= 0.3 is 0 Å². The van der Waals surface area contributed by atoms with Gasteiger partial charge < -0.3 is 4.90 Å². The minimum Gasteiger partial charge on any atom is -0.339 e. The molecule has 0 heterocycles. The number of unbranched alkanes of at least 4 members (excludes halogenated alkanes) is 4. The molecule has 1 fully saturated rings. The first-order valence-electron chi connectivity index (χ1n) is 7.15. The van der Waals surface area contributed by atoms with Crippen LogP contribution in [-0.2, 0) is 4.79 Å². The summed E-state index contributed by atoms with van der Waals surface area (Å²) in [7, 11) is 0. The highest BCUT2D eigenvalue weighted by atomic mass is 35.5. The Bertz CT molecular complexity index is 216. The lowest BCUT2D eigenvalue weighted by Crippen LogP contribution is -2.45. The molecule has 17 heavy (non-hydrogen) atoms. The Morgan fingerprint density at radius 1 is 1.24 bits per heavy atom. The van der Waals surface area contributed by atoms with Crippen molar-refractivity contribution < 1.29 is 4.79 Å².